The van der Waals surface area contributed by atoms with Crippen LogP contribution in [0.5, 0.6) is 0 Å². The van der Waals surface area contributed by atoms with E-state index in [-0.39, 0.29) is 5.56 Å². The van der Waals surface area contributed by atoms with Gasteiger partial charge in [-0.3, -0.25) is 9.36 Å². The normalized spacial score (nSPS) is 14.2. The molecule has 0 atom stereocenters. The minimum atomic E-state index is -0.218. The number of para-hydroxylation sites is 1. The number of ether oxygens (including phenoxy) is 1. The molecule has 0 spiro atoms. The molecule has 9 nitrogen and oxygen atoms in total. The van der Waals surface area contributed by atoms with Crippen LogP contribution in [-0.2, 0) is 4.74 Å². The van der Waals surface area contributed by atoms with Gasteiger partial charge >= 0.3 is 0 Å². The van der Waals surface area contributed by atoms with Crippen molar-refractivity contribution in [2.75, 3.05) is 36.5 Å². The number of nitrogens with zero attached hydrogens (tertiary/aromatic N) is 6. The Morgan fingerprint density at radius 2 is 1.97 bits per heavy atom. The second-order valence-electron chi connectivity index (χ2n) is 7.38. The fourth-order valence-corrected chi connectivity index (χ4v) is 4.80. The molecule has 0 radical (unpaired) electrons. The third-order valence-electron chi connectivity index (χ3n) is 5.14. The summed E-state index contributed by atoms with van der Waals surface area (Å²) in [5.41, 5.74) is 1.67. The van der Waals surface area contributed by atoms with E-state index in [0.717, 1.165) is 24.5 Å². The number of morpholine rings is 1. The van der Waals surface area contributed by atoms with Gasteiger partial charge in [-0.25, -0.2) is 15.0 Å². The van der Waals surface area contributed by atoms with Gasteiger partial charge in [0.2, 0.25) is 0 Å². The summed E-state index contributed by atoms with van der Waals surface area (Å²) in [4.78, 5) is 33.2. The lowest BCUT2D eigenvalue weighted by atomic mass is 10.2. The minimum Gasteiger partial charge on any atom is -0.378 e. The first kappa shape index (κ1) is 20.8. The summed E-state index contributed by atoms with van der Waals surface area (Å²) in [6.45, 7) is 6.66. The van der Waals surface area contributed by atoms with Crippen LogP contribution in [0.25, 0.3) is 16.0 Å². The summed E-state index contributed by atoms with van der Waals surface area (Å²) in [6.07, 6.45) is 1.47. The Hall–Kier alpha value is -3.08. The van der Waals surface area contributed by atoms with Gasteiger partial charge in [0.05, 0.1) is 23.9 Å². The van der Waals surface area contributed by atoms with Gasteiger partial charge in [0, 0.05) is 19.2 Å². The molecule has 1 aromatic carbocycles. The van der Waals surface area contributed by atoms with Crippen molar-refractivity contribution < 1.29 is 4.74 Å². The van der Waals surface area contributed by atoms with Gasteiger partial charge in [0.1, 0.15) is 28.5 Å². The summed E-state index contributed by atoms with van der Waals surface area (Å²) in [5.74, 6) is 2.09. The lowest BCUT2D eigenvalue weighted by Gasteiger charge is -2.28. The third-order valence-corrected chi connectivity index (χ3v) is 6.39. The molecule has 11 heteroatoms. The second kappa shape index (κ2) is 8.45. The number of anilines is 3. The number of benzene rings is 1. The van der Waals surface area contributed by atoms with Crippen molar-refractivity contribution >= 4 is 50.1 Å². The van der Waals surface area contributed by atoms with Gasteiger partial charge in [-0.05, 0) is 25.5 Å². The fraction of sp³-hybridized carbons (Fsp3) is 0.286. The van der Waals surface area contributed by atoms with E-state index in [9.17, 15) is 4.79 Å². The number of aromatic nitrogens is 5. The van der Waals surface area contributed by atoms with Gasteiger partial charge in [0.25, 0.3) is 5.56 Å². The number of fused-ring (bicyclic) bond motifs is 1. The third kappa shape index (κ3) is 3.92. The zero-order chi connectivity index (χ0) is 22.2. The molecular weight excluding hydrogens is 450 g/mol. The first-order valence-electron chi connectivity index (χ1n) is 10.1. The molecule has 1 fully saturated rings. The van der Waals surface area contributed by atoms with Crippen LogP contribution >= 0.6 is 22.9 Å². The molecule has 3 aromatic heterocycles. The number of hydrogen-bond donors (Lipinski definition) is 1. The number of aryl methyl sites for hydroxylation is 2. The van der Waals surface area contributed by atoms with Gasteiger partial charge in [-0.15, -0.1) is 0 Å². The number of nitrogens with one attached hydrogen (secondary N) is 1. The van der Waals surface area contributed by atoms with E-state index in [1.807, 2.05) is 32.0 Å². The monoisotopic (exact) mass is 469 g/mol. The minimum absolute atomic E-state index is 0.218. The molecule has 0 bridgehead atoms. The molecule has 1 N–H and O–H groups in total. The lowest BCUT2D eigenvalue weighted by Crippen LogP contribution is -2.36. The Balaban J connectivity index is 1.49. The highest BCUT2D eigenvalue weighted by Gasteiger charge is 2.17. The van der Waals surface area contributed by atoms with Crippen molar-refractivity contribution in [1.29, 1.82) is 0 Å². The molecule has 32 heavy (non-hydrogen) atoms. The highest BCUT2D eigenvalue weighted by atomic mass is 35.5. The highest BCUT2D eigenvalue weighted by molar-refractivity contribution is 7.22. The van der Waals surface area contributed by atoms with E-state index in [1.165, 1.54) is 22.2 Å². The zero-order valence-corrected chi connectivity index (χ0v) is 19.1. The fourth-order valence-electron chi connectivity index (χ4n) is 3.63. The maximum absolute atomic E-state index is 13.2. The molecule has 4 aromatic rings. The second-order valence-corrected chi connectivity index (χ2v) is 8.79. The summed E-state index contributed by atoms with van der Waals surface area (Å²) >= 11 is 7.59. The van der Waals surface area contributed by atoms with Crippen molar-refractivity contribution in [2.45, 2.75) is 13.8 Å². The molecule has 4 heterocycles. The van der Waals surface area contributed by atoms with Gasteiger partial charge in [-0.1, -0.05) is 35.1 Å². The Kier molecular flexibility index (Phi) is 5.50. The SMILES string of the molecule is Cc1nc(Nc2nc3ncn(-c4c(C)cccc4Cl)c(=O)c3s2)cc(N2CCOCC2)n1. The average Bonchev–Trinajstić information content (AvgIpc) is 3.19. The zero-order valence-electron chi connectivity index (χ0n) is 17.5. The van der Waals surface area contributed by atoms with E-state index in [2.05, 4.69) is 30.2 Å². The number of rotatable bonds is 4. The molecule has 0 amide bonds. The number of thiazole rings is 1. The van der Waals surface area contributed by atoms with E-state index >= 15 is 0 Å². The van der Waals surface area contributed by atoms with Crippen molar-refractivity contribution in [2.24, 2.45) is 0 Å². The number of halogens is 1. The van der Waals surface area contributed by atoms with E-state index in [1.54, 1.807) is 6.07 Å². The maximum atomic E-state index is 13.2. The van der Waals surface area contributed by atoms with Crippen LogP contribution < -0.4 is 15.8 Å². The molecule has 1 saturated heterocycles. The number of hydrogen-bond acceptors (Lipinski definition) is 9. The highest BCUT2D eigenvalue weighted by Crippen LogP contribution is 2.28. The predicted molar refractivity (Wildman–Crippen MR) is 126 cm³/mol. The largest absolute Gasteiger partial charge is 0.378 e. The van der Waals surface area contributed by atoms with Crippen LogP contribution in [0.1, 0.15) is 11.4 Å². The molecule has 5 rings (SSSR count). The summed E-state index contributed by atoms with van der Waals surface area (Å²) < 4.78 is 7.33. The van der Waals surface area contributed by atoms with Crippen molar-refractivity contribution in [3.8, 4) is 5.69 Å². The van der Waals surface area contributed by atoms with Crippen LogP contribution in [0.15, 0.2) is 35.4 Å². The maximum Gasteiger partial charge on any atom is 0.277 e. The van der Waals surface area contributed by atoms with Crippen molar-refractivity contribution in [3.63, 3.8) is 0 Å². The topological polar surface area (TPSA) is 98.1 Å². The molecule has 1 aliphatic heterocycles. The molecule has 0 saturated carbocycles. The van der Waals surface area contributed by atoms with E-state index in [4.69, 9.17) is 16.3 Å². The summed E-state index contributed by atoms with van der Waals surface area (Å²) in [5, 5.41) is 4.23. The lowest BCUT2D eigenvalue weighted by molar-refractivity contribution is 0.122. The van der Waals surface area contributed by atoms with Crippen molar-refractivity contribution in [1.82, 2.24) is 24.5 Å². The molecular formula is C21H20ClN7O2S. The Labute approximate surface area is 192 Å². The van der Waals surface area contributed by atoms with E-state index < -0.39 is 0 Å². The average molecular weight is 470 g/mol. The van der Waals surface area contributed by atoms with Gasteiger partial charge in [-0.2, -0.15) is 4.98 Å². The molecule has 0 unspecified atom stereocenters. The predicted octanol–water partition coefficient (Wildman–Crippen LogP) is 3.48. The standard InChI is InChI=1S/C21H20ClN7O2S/c1-12-4-3-5-14(22)17(12)29-11-23-19-18(20(29)30)32-21(27-19)26-15-10-16(25-13(2)24-15)28-6-8-31-9-7-28/h3-5,10-11H,6-9H2,1-2H3,(H,24,25,26,27). The van der Waals surface area contributed by atoms with Crippen LogP contribution in [0.2, 0.25) is 5.02 Å². The van der Waals surface area contributed by atoms with Crippen LogP contribution in [-0.4, -0.2) is 50.8 Å². The van der Waals surface area contributed by atoms with Crippen LogP contribution in [0, 0.1) is 13.8 Å². The van der Waals surface area contributed by atoms with Crippen LogP contribution in [0.3, 0.4) is 0 Å². The van der Waals surface area contributed by atoms with Crippen LogP contribution in [0.4, 0.5) is 16.8 Å². The first-order valence-corrected chi connectivity index (χ1v) is 11.3. The van der Waals surface area contributed by atoms with Gasteiger partial charge < -0.3 is 15.0 Å². The quantitative estimate of drug-likeness (QED) is 0.485. The smallest absolute Gasteiger partial charge is 0.277 e. The summed E-state index contributed by atoms with van der Waals surface area (Å²) in [6, 6.07) is 7.38. The van der Waals surface area contributed by atoms with Crippen molar-refractivity contribution in [3.05, 3.63) is 57.4 Å². The summed E-state index contributed by atoms with van der Waals surface area (Å²) in [7, 11) is 0. The molecule has 1 aliphatic rings. The Morgan fingerprint density at radius 1 is 1.16 bits per heavy atom. The Bertz CT molecular complexity index is 1340. The molecule has 0 aliphatic carbocycles. The molecule has 164 valence electrons. The van der Waals surface area contributed by atoms with Gasteiger partial charge in [0.15, 0.2) is 10.8 Å². The van der Waals surface area contributed by atoms with E-state index in [0.29, 0.717) is 51.0 Å². The first-order chi connectivity index (χ1) is 15.5. The Morgan fingerprint density at radius 3 is 2.75 bits per heavy atom.